The Kier molecular flexibility index (Phi) is 5.45. The Balaban J connectivity index is 2.19. The lowest BCUT2D eigenvalue weighted by molar-refractivity contribution is 0.478. The van der Waals surface area contributed by atoms with Gasteiger partial charge in [-0.3, -0.25) is 0 Å². The predicted octanol–water partition coefficient (Wildman–Crippen LogP) is 6.43. The summed E-state index contributed by atoms with van der Waals surface area (Å²) in [6.07, 6.45) is 0. The molecule has 0 radical (unpaired) electrons. The zero-order valence-corrected chi connectivity index (χ0v) is 16.2. The minimum absolute atomic E-state index is 0.317. The Labute approximate surface area is 159 Å². The quantitative estimate of drug-likeness (QED) is 0.473. The molecule has 0 bridgehead atoms. The van der Waals surface area contributed by atoms with Crippen LogP contribution in [-0.4, -0.2) is 18.1 Å². The second-order valence-electron chi connectivity index (χ2n) is 5.47. The van der Waals surface area contributed by atoms with Gasteiger partial charge in [-0.15, -0.1) is 0 Å². The van der Waals surface area contributed by atoms with Gasteiger partial charge in [0.2, 0.25) is 0 Å². The van der Waals surface area contributed by atoms with Gasteiger partial charge in [-0.05, 0) is 56.3 Å². The molecule has 6 heteroatoms. The molecule has 0 aliphatic rings. The van der Waals surface area contributed by atoms with Crippen molar-refractivity contribution in [1.29, 1.82) is 0 Å². The minimum atomic E-state index is -0.317. The number of rotatable bonds is 5. The van der Waals surface area contributed by atoms with Crippen LogP contribution in [0.25, 0.3) is 10.9 Å². The highest BCUT2D eigenvalue weighted by molar-refractivity contribution is 9.10. The first kappa shape index (κ1) is 18.0. The van der Waals surface area contributed by atoms with Gasteiger partial charge in [-0.2, -0.15) is 0 Å². The average molecular weight is 424 g/mol. The van der Waals surface area contributed by atoms with Crippen molar-refractivity contribution in [3.8, 4) is 11.5 Å². The zero-order valence-electron chi connectivity index (χ0n) is 13.9. The van der Waals surface area contributed by atoms with Crippen molar-refractivity contribution in [1.82, 2.24) is 4.98 Å². The first-order valence-electron chi connectivity index (χ1n) is 8.00. The fourth-order valence-corrected chi connectivity index (χ4v) is 3.25. The van der Waals surface area contributed by atoms with E-state index in [1.165, 1.54) is 12.1 Å². The zero-order chi connectivity index (χ0) is 18.0. The van der Waals surface area contributed by atoms with Gasteiger partial charge in [0.15, 0.2) is 11.6 Å². The number of ether oxygens (including phenoxy) is 1. The van der Waals surface area contributed by atoms with Gasteiger partial charge in [0.05, 0.1) is 10.5 Å². The maximum atomic E-state index is 13.2. The third-order valence-corrected chi connectivity index (χ3v) is 4.79. The molecule has 0 fully saturated rings. The molecule has 0 atom stereocenters. The highest BCUT2D eigenvalue weighted by Crippen LogP contribution is 2.42. The number of halogens is 3. The Hall–Kier alpha value is -1.85. The van der Waals surface area contributed by atoms with E-state index < -0.39 is 0 Å². The van der Waals surface area contributed by atoms with E-state index in [2.05, 4.69) is 20.8 Å². The second kappa shape index (κ2) is 7.58. The smallest absolute Gasteiger partial charge is 0.189 e. The first-order chi connectivity index (χ1) is 12.0. The Morgan fingerprint density at radius 3 is 2.44 bits per heavy atom. The lowest BCUT2D eigenvalue weighted by atomic mass is 10.2. The van der Waals surface area contributed by atoms with E-state index in [0.29, 0.717) is 22.3 Å². The van der Waals surface area contributed by atoms with Gasteiger partial charge in [0.25, 0.3) is 0 Å². The summed E-state index contributed by atoms with van der Waals surface area (Å²) in [5, 5.41) is 1.28. The van der Waals surface area contributed by atoms with E-state index >= 15 is 0 Å². The summed E-state index contributed by atoms with van der Waals surface area (Å²) in [4.78, 5) is 6.83. The molecule has 0 spiro atoms. The maximum Gasteiger partial charge on any atom is 0.189 e. The summed E-state index contributed by atoms with van der Waals surface area (Å²) >= 11 is 10.1. The lowest BCUT2D eigenvalue weighted by Crippen LogP contribution is -2.23. The molecule has 0 aliphatic heterocycles. The van der Waals surface area contributed by atoms with Crippen molar-refractivity contribution in [2.75, 3.05) is 18.0 Å². The van der Waals surface area contributed by atoms with Gasteiger partial charge >= 0.3 is 0 Å². The molecule has 2 aromatic carbocycles. The molecule has 3 rings (SSSR count). The van der Waals surface area contributed by atoms with Gasteiger partial charge in [0, 0.05) is 22.9 Å². The molecule has 0 amide bonds. The van der Waals surface area contributed by atoms with E-state index in [4.69, 9.17) is 21.3 Å². The highest BCUT2D eigenvalue weighted by atomic mass is 79.9. The number of pyridine rings is 1. The fraction of sp³-hybridized carbons (Fsp3) is 0.211. The summed E-state index contributed by atoms with van der Waals surface area (Å²) in [6.45, 7) is 5.63. The normalized spacial score (nSPS) is 10.9. The van der Waals surface area contributed by atoms with Crippen molar-refractivity contribution in [2.45, 2.75) is 13.8 Å². The molecule has 0 saturated heterocycles. The van der Waals surface area contributed by atoms with Crippen molar-refractivity contribution in [3.05, 3.63) is 57.8 Å². The van der Waals surface area contributed by atoms with Gasteiger partial charge < -0.3 is 9.64 Å². The molecule has 1 heterocycles. The molecule has 1 aromatic heterocycles. The molecule has 0 N–H and O–H groups in total. The van der Waals surface area contributed by atoms with Gasteiger partial charge in [-0.1, -0.05) is 27.5 Å². The minimum Gasteiger partial charge on any atom is -0.452 e. The third-order valence-electron chi connectivity index (χ3n) is 3.92. The molecule has 3 nitrogen and oxygen atoms in total. The summed E-state index contributed by atoms with van der Waals surface area (Å²) in [6, 6.07) is 11.6. The highest BCUT2D eigenvalue weighted by Gasteiger charge is 2.20. The number of anilines is 1. The van der Waals surface area contributed by atoms with Crippen molar-refractivity contribution in [3.63, 3.8) is 0 Å². The molecule has 25 heavy (non-hydrogen) atoms. The number of benzene rings is 2. The molecular weight excluding hydrogens is 407 g/mol. The van der Waals surface area contributed by atoms with Gasteiger partial charge in [-0.25, -0.2) is 9.37 Å². The van der Waals surface area contributed by atoms with Crippen LogP contribution in [0.15, 0.2) is 46.9 Å². The molecular formula is C19H17BrClFN2O. The van der Waals surface area contributed by atoms with E-state index in [1.807, 2.05) is 32.0 Å². The fourth-order valence-electron chi connectivity index (χ4n) is 2.62. The SMILES string of the molecule is CCN(CC)c1nc2ccc(Br)cc2c(Cl)c1Oc1ccc(F)cc1. The molecule has 130 valence electrons. The molecule has 0 saturated carbocycles. The Morgan fingerprint density at radius 1 is 1.12 bits per heavy atom. The van der Waals surface area contributed by atoms with Crippen LogP contribution in [0.5, 0.6) is 11.5 Å². The van der Waals surface area contributed by atoms with E-state index in [-0.39, 0.29) is 5.82 Å². The topological polar surface area (TPSA) is 25.4 Å². The predicted molar refractivity (Wildman–Crippen MR) is 104 cm³/mol. The molecule has 0 aliphatic carbocycles. The summed E-state index contributed by atoms with van der Waals surface area (Å²) in [5.41, 5.74) is 0.793. The van der Waals surface area contributed by atoms with Crippen LogP contribution in [0.4, 0.5) is 10.2 Å². The summed E-state index contributed by atoms with van der Waals surface area (Å²) < 4.78 is 20.1. The van der Waals surface area contributed by atoms with Crippen LogP contribution in [-0.2, 0) is 0 Å². The Bertz CT molecular complexity index is 898. The van der Waals surface area contributed by atoms with Crippen LogP contribution in [0.2, 0.25) is 5.02 Å². The standard InChI is InChI=1S/C19H17BrClFN2O/c1-3-24(4-2)19-18(25-14-8-6-13(22)7-9-14)17(21)15-11-12(20)5-10-16(15)23-19/h5-11H,3-4H2,1-2H3. The van der Waals surface area contributed by atoms with Crippen LogP contribution >= 0.6 is 27.5 Å². The van der Waals surface area contributed by atoms with E-state index in [1.54, 1.807) is 12.1 Å². The summed E-state index contributed by atoms with van der Waals surface area (Å²) in [7, 11) is 0. The largest absolute Gasteiger partial charge is 0.452 e. The van der Waals surface area contributed by atoms with Crippen LogP contribution in [0.1, 0.15) is 13.8 Å². The second-order valence-corrected chi connectivity index (χ2v) is 6.76. The van der Waals surface area contributed by atoms with Crippen LogP contribution in [0, 0.1) is 5.82 Å². The number of nitrogens with zero attached hydrogens (tertiary/aromatic N) is 2. The molecule has 0 unspecified atom stereocenters. The van der Waals surface area contributed by atoms with Crippen LogP contribution in [0.3, 0.4) is 0 Å². The van der Waals surface area contributed by atoms with E-state index in [9.17, 15) is 4.39 Å². The van der Waals surface area contributed by atoms with Crippen molar-refractivity contribution < 1.29 is 9.13 Å². The monoisotopic (exact) mass is 422 g/mol. The first-order valence-corrected chi connectivity index (χ1v) is 9.17. The maximum absolute atomic E-state index is 13.2. The number of hydrogen-bond acceptors (Lipinski definition) is 3. The number of hydrogen-bond donors (Lipinski definition) is 0. The third kappa shape index (κ3) is 3.72. The van der Waals surface area contributed by atoms with E-state index in [0.717, 1.165) is 28.5 Å². The Morgan fingerprint density at radius 2 is 1.80 bits per heavy atom. The average Bonchev–Trinajstić information content (AvgIpc) is 2.61. The van der Waals surface area contributed by atoms with Crippen molar-refractivity contribution in [2.24, 2.45) is 0 Å². The molecule has 3 aromatic rings. The van der Waals surface area contributed by atoms with Crippen LogP contribution < -0.4 is 9.64 Å². The van der Waals surface area contributed by atoms with Crippen molar-refractivity contribution >= 4 is 44.3 Å². The number of fused-ring (bicyclic) bond motifs is 1. The van der Waals surface area contributed by atoms with Gasteiger partial charge in [0.1, 0.15) is 11.6 Å². The lowest BCUT2D eigenvalue weighted by Gasteiger charge is -2.24. The summed E-state index contributed by atoms with van der Waals surface area (Å²) in [5.74, 6) is 1.34. The number of aromatic nitrogens is 1.